The zero-order chi connectivity index (χ0) is 33.3. The van der Waals surface area contributed by atoms with E-state index in [1.54, 1.807) is 5.56 Å². The maximum Gasteiger partial charge on any atom is 0.164 e. The molecule has 6 aromatic carbocycles. The Kier molecular flexibility index (Phi) is 5.64. The van der Waals surface area contributed by atoms with Gasteiger partial charge in [0.1, 0.15) is 11.2 Å². The molecule has 2 heterocycles. The van der Waals surface area contributed by atoms with Crippen molar-refractivity contribution in [1.29, 1.82) is 0 Å². The van der Waals surface area contributed by atoms with Crippen LogP contribution in [0.1, 0.15) is 43.2 Å². The first-order chi connectivity index (χ1) is 25.2. The summed E-state index contributed by atoms with van der Waals surface area (Å²) in [5, 5.41) is 4.90. The van der Waals surface area contributed by atoms with E-state index in [2.05, 4.69) is 97.1 Å². The number of nitrogens with zero attached hydrogens (tertiary/aromatic N) is 3. The molecule has 244 valence electrons. The molecule has 4 saturated carbocycles. The molecule has 5 aliphatic rings. The number of rotatable bonds is 3. The monoisotopic (exact) mass is 657 g/mol. The van der Waals surface area contributed by atoms with E-state index in [-0.39, 0.29) is 5.41 Å². The molecule has 2 aromatic heterocycles. The van der Waals surface area contributed by atoms with Crippen molar-refractivity contribution in [3.8, 4) is 45.3 Å². The van der Waals surface area contributed by atoms with E-state index in [1.807, 2.05) is 30.3 Å². The Hall–Kier alpha value is -5.61. The Morgan fingerprint density at radius 1 is 0.490 bits per heavy atom. The van der Waals surface area contributed by atoms with Crippen molar-refractivity contribution in [2.45, 2.75) is 37.5 Å². The molecule has 4 heteroatoms. The summed E-state index contributed by atoms with van der Waals surface area (Å²) in [7, 11) is 0. The summed E-state index contributed by atoms with van der Waals surface area (Å²) in [4.78, 5) is 15.7. The van der Waals surface area contributed by atoms with Gasteiger partial charge in [-0.3, -0.25) is 0 Å². The lowest BCUT2D eigenvalue weighted by Gasteiger charge is -2.61. The van der Waals surface area contributed by atoms with Crippen molar-refractivity contribution in [2.24, 2.45) is 23.7 Å². The first kappa shape index (κ1) is 28.1. The Bertz CT molecular complexity index is 2700. The van der Waals surface area contributed by atoms with E-state index >= 15 is 0 Å². The fourth-order valence-corrected chi connectivity index (χ4v) is 11.4. The van der Waals surface area contributed by atoms with Gasteiger partial charge in [-0.1, -0.05) is 109 Å². The average molecular weight is 658 g/mol. The molecule has 0 radical (unpaired) electrons. The molecule has 0 N–H and O–H groups in total. The van der Waals surface area contributed by atoms with Crippen LogP contribution in [-0.4, -0.2) is 15.0 Å². The smallest absolute Gasteiger partial charge is 0.164 e. The predicted octanol–water partition coefficient (Wildman–Crippen LogP) is 11.6. The average Bonchev–Trinajstić information content (AvgIpc) is 3.71. The number of fused-ring (bicyclic) bond motifs is 8. The highest BCUT2D eigenvalue weighted by molar-refractivity contribution is 6.11. The highest BCUT2D eigenvalue weighted by Crippen LogP contribution is 2.70. The van der Waals surface area contributed by atoms with Crippen molar-refractivity contribution < 1.29 is 4.42 Å². The molecule has 51 heavy (non-hydrogen) atoms. The van der Waals surface area contributed by atoms with Crippen LogP contribution < -0.4 is 0 Å². The van der Waals surface area contributed by atoms with E-state index in [1.165, 1.54) is 59.6 Å². The highest BCUT2D eigenvalue weighted by atomic mass is 16.3. The molecule has 4 fully saturated rings. The molecule has 4 nitrogen and oxygen atoms in total. The third-order valence-corrected chi connectivity index (χ3v) is 13.1. The summed E-state index contributed by atoms with van der Waals surface area (Å²) >= 11 is 0. The van der Waals surface area contributed by atoms with Crippen molar-refractivity contribution in [3.05, 3.63) is 139 Å². The quantitative estimate of drug-likeness (QED) is 0.190. The van der Waals surface area contributed by atoms with Crippen LogP contribution in [0.5, 0.6) is 0 Å². The first-order valence-corrected chi connectivity index (χ1v) is 18.6. The third-order valence-electron chi connectivity index (χ3n) is 13.1. The van der Waals surface area contributed by atoms with Gasteiger partial charge < -0.3 is 4.42 Å². The van der Waals surface area contributed by atoms with Crippen LogP contribution in [0.15, 0.2) is 132 Å². The lowest BCUT2D eigenvalue weighted by atomic mass is 9.43. The zero-order valence-corrected chi connectivity index (χ0v) is 28.2. The van der Waals surface area contributed by atoms with Crippen molar-refractivity contribution >= 4 is 32.7 Å². The van der Waals surface area contributed by atoms with Crippen LogP contribution in [0.3, 0.4) is 0 Å². The minimum atomic E-state index is 0.0222. The lowest BCUT2D eigenvalue weighted by Crippen LogP contribution is -2.55. The van der Waals surface area contributed by atoms with Crippen LogP contribution >= 0.6 is 0 Å². The number of para-hydroxylation sites is 1. The Labute approximate surface area is 296 Å². The minimum Gasteiger partial charge on any atom is -0.456 e. The zero-order valence-electron chi connectivity index (χ0n) is 28.2. The molecular formula is C47H35N3O. The van der Waals surface area contributed by atoms with Crippen molar-refractivity contribution in [2.75, 3.05) is 0 Å². The SMILES string of the molecule is c1ccc(-c2nc(-c3ccc4c(c3)C3(c5c-4ccc4ccccc54)C4CC5CC(C4)CC3C5)nc(-c3cccc4oc5ccccc5c34)n2)cc1. The van der Waals surface area contributed by atoms with E-state index < -0.39 is 0 Å². The number of furan rings is 1. The van der Waals surface area contributed by atoms with Gasteiger partial charge in [0.15, 0.2) is 17.5 Å². The maximum atomic E-state index is 6.30. The molecule has 0 unspecified atom stereocenters. The van der Waals surface area contributed by atoms with E-state index in [0.29, 0.717) is 29.3 Å². The van der Waals surface area contributed by atoms with Crippen molar-refractivity contribution in [3.63, 3.8) is 0 Å². The summed E-state index contributed by atoms with van der Waals surface area (Å²) in [6, 6.07) is 45.7. The molecular weight excluding hydrogens is 623 g/mol. The molecule has 5 aliphatic carbocycles. The normalized spacial score (nSPS) is 24.2. The lowest BCUT2D eigenvalue weighted by molar-refractivity contribution is -0.0393. The van der Waals surface area contributed by atoms with Crippen LogP contribution in [-0.2, 0) is 5.41 Å². The molecule has 0 saturated heterocycles. The van der Waals surface area contributed by atoms with Gasteiger partial charge in [-0.15, -0.1) is 0 Å². The van der Waals surface area contributed by atoms with Crippen molar-refractivity contribution in [1.82, 2.24) is 15.0 Å². The van der Waals surface area contributed by atoms with Gasteiger partial charge in [0.2, 0.25) is 0 Å². The maximum absolute atomic E-state index is 6.30. The first-order valence-electron chi connectivity index (χ1n) is 18.6. The molecule has 8 aromatic rings. The van der Waals surface area contributed by atoms with E-state index in [0.717, 1.165) is 50.5 Å². The summed E-state index contributed by atoms with van der Waals surface area (Å²) in [5.74, 6) is 5.14. The predicted molar refractivity (Wildman–Crippen MR) is 204 cm³/mol. The number of hydrogen-bond donors (Lipinski definition) is 0. The summed E-state index contributed by atoms with van der Waals surface area (Å²) in [6.07, 6.45) is 6.81. The molecule has 4 bridgehead atoms. The number of aromatic nitrogens is 3. The molecule has 0 amide bonds. The van der Waals surface area contributed by atoms with E-state index in [9.17, 15) is 0 Å². The van der Waals surface area contributed by atoms with Gasteiger partial charge in [0.05, 0.1) is 0 Å². The second-order valence-corrected chi connectivity index (χ2v) is 15.6. The standard InChI is InChI=1S/C47H35N3O/c1-2-10-30(11-3-1)44-48-45(50-46(49-44)38-14-8-16-41-42(38)37-13-6-7-15-40(37)51-41)31-18-19-35-36-20-17-29-9-4-5-12-34(29)43(36)47(39(35)26-31)32-22-27-21-28(24-32)25-33(47)23-27/h1-20,26-28,32-33H,21-25H2. The Morgan fingerprint density at radius 3 is 1.98 bits per heavy atom. The number of benzene rings is 6. The second-order valence-electron chi connectivity index (χ2n) is 15.6. The van der Waals surface area contributed by atoms with E-state index in [4.69, 9.17) is 19.4 Å². The van der Waals surface area contributed by atoms with Crippen LogP contribution in [0.4, 0.5) is 0 Å². The highest BCUT2D eigenvalue weighted by Gasteiger charge is 2.62. The molecule has 1 spiro atoms. The summed E-state index contributed by atoms with van der Waals surface area (Å²) in [6.45, 7) is 0. The van der Waals surface area contributed by atoms with Gasteiger partial charge in [0, 0.05) is 32.9 Å². The fraction of sp³-hybridized carbons (Fsp3) is 0.213. The summed E-state index contributed by atoms with van der Waals surface area (Å²) in [5.41, 5.74) is 10.7. The topological polar surface area (TPSA) is 51.8 Å². The molecule has 0 atom stereocenters. The Balaban J connectivity index is 1.11. The van der Waals surface area contributed by atoms with Gasteiger partial charge in [-0.2, -0.15) is 0 Å². The second kappa shape index (κ2) is 10.2. The van der Waals surface area contributed by atoms with Crippen LogP contribution in [0.25, 0.3) is 78.0 Å². The number of hydrogen-bond acceptors (Lipinski definition) is 4. The minimum absolute atomic E-state index is 0.0222. The largest absolute Gasteiger partial charge is 0.456 e. The van der Waals surface area contributed by atoms with Gasteiger partial charge in [-0.25, -0.2) is 15.0 Å². The van der Waals surface area contributed by atoms with Crippen LogP contribution in [0, 0.1) is 23.7 Å². The van der Waals surface area contributed by atoms with Gasteiger partial charge in [-0.05, 0) is 107 Å². The fourth-order valence-electron chi connectivity index (χ4n) is 11.4. The molecule has 0 aliphatic heterocycles. The van der Waals surface area contributed by atoms with Gasteiger partial charge in [0.25, 0.3) is 0 Å². The Morgan fingerprint density at radius 2 is 1.16 bits per heavy atom. The molecule has 13 rings (SSSR count). The van der Waals surface area contributed by atoms with Crippen LogP contribution in [0.2, 0.25) is 0 Å². The third kappa shape index (κ3) is 3.83. The summed E-state index contributed by atoms with van der Waals surface area (Å²) < 4.78 is 6.30. The van der Waals surface area contributed by atoms with Gasteiger partial charge >= 0.3 is 0 Å².